The van der Waals surface area contributed by atoms with Gasteiger partial charge >= 0.3 is 0 Å². The molecule has 3 fully saturated rings. The van der Waals surface area contributed by atoms with Crippen LogP contribution in [0.5, 0.6) is 0 Å². The van der Waals surface area contributed by atoms with Crippen molar-refractivity contribution in [2.24, 2.45) is 23.7 Å². The van der Waals surface area contributed by atoms with E-state index in [0.717, 1.165) is 25.7 Å². The number of alkyl halides is 4. The molecule has 2 N–H and O–H groups in total. The molecule has 0 bridgehead atoms. The molecule has 8 heteroatoms. The standard InChI is InChI=1S/C22H34F4N2O2/c23-21(24)7-5-17(11-21)9-19(29)27-13-15-1-2-16(4-3-15)14-28-20(30)10-18-6-8-22(25,26)12-18/h15-18H,1-14H2,(H,27,29)(H,28,30). The smallest absolute Gasteiger partial charge is 0.248 e. The van der Waals surface area contributed by atoms with Gasteiger partial charge in [-0.25, -0.2) is 17.6 Å². The fraction of sp³-hybridized carbons (Fsp3) is 0.909. The summed E-state index contributed by atoms with van der Waals surface area (Å²) in [4.78, 5) is 24.1. The van der Waals surface area contributed by atoms with E-state index in [9.17, 15) is 27.2 Å². The minimum absolute atomic E-state index is 0.112. The number of rotatable bonds is 8. The zero-order valence-electron chi connectivity index (χ0n) is 17.5. The van der Waals surface area contributed by atoms with Crippen molar-refractivity contribution in [2.75, 3.05) is 13.1 Å². The van der Waals surface area contributed by atoms with Gasteiger partial charge in [-0.1, -0.05) is 0 Å². The fourth-order valence-corrected chi connectivity index (χ4v) is 5.26. The van der Waals surface area contributed by atoms with Crippen LogP contribution in [0, 0.1) is 23.7 Å². The van der Waals surface area contributed by atoms with Crippen molar-refractivity contribution in [2.45, 2.75) is 88.9 Å². The van der Waals surface area contributed by atoms with Gasteiger partial charge in [0, 0.05) is 51.6 Å². The Bertz CT molecular complexity index is 554. The summed E-state index contributed by atoms with van der Waals surface area (Å²) in [7, 11) is 0. The lowest BCUT2D eigenvalue weighted by Gasteiger charge is -2.29. The Morgan fingerprint density at radius 3 is 1.30 bits per heavy atom. The Morgan fingerprint density at radius 2 is 1.00 bits per heavy atom. The van der Waals surface area contributed by atoms with Crippen molar-refractivity contribution < 1.29 is 27.2 Å². The van der Waals surface area contributed by atoms with Crippen LogP contribution < -0.4 is 10.6 Å². The zero-order valence-corrected chi connectivity index (χ0v) is 17.5. The van der Waals surface area contributed by atoms with Crippen molar-refractivity contribution >= 4 is 11.8 Å². The summed E-state index contributed by atoms with van der Waals surface area (Å²) in [5, 5.41) is 5.81. The predicted molar refractivity (Wildman–Crippen MR) is 105 cm³/mol. The van der Waals surface area contributed by atoms with Gasteiger partial charge in [-0.2, -0.15) is 0 Å². The van der Waals surface area contributed by atoms with E-state index < -0.39 is 11.8 Å². The minimum atomic E-state index is -2.61. The summed E-state index contributed by atoms with van der Waals surface area (Å²) >= 11 is 0. The largest absolute Gasteiger partial charge is 0.356 e. The van der Waals surface area contributed by atoms with Crippen molar-refractivity contribution in [1.29, 1.82) is 0 Å². The first-order valence-electron chi connectivity index (χ1n) is 11.4. The first kappa shape index (κ1) is 23.3. The Morgan fingerprint density at radius 1 is 0.633 bits per heavy atom. The molecule has 2 unspecified atom stereocenters. The number of nitrogens with one attached hydrogen (secondary N) is 2. The van der Waals surface area contributed by atoms with E-state index in [2.05, 4.69) is 10.6 Å². The SMILES string of the molecule is O=C(CC1CCC(F)(F)C1)NCC1CCC(CNC(=O)CC2CCC(F)(F)C2)CC1. The molecule has 0 aliphatic heterocycles. The summed E-state index contributed by atoms with van der Waals surface area (Å²) in [5.74, 6) is -5.15. The van der Waals surface area contributed by atoms with E-state index in [0.29, 0.717) is 37.8 Å². The van der Waals surface area contributed by atoms with Crippen LogP contribution in [0.4, 0.5) is 17.6 Å². The number of halogens is 4. The summed E-state index contributed by atoms with van der Waals surface area (Å²) in [6.45, 7) is 1.16. The maximum atomic E-state index is 13.2. The lowest BCUT2D eigenvalue weighted by molar-refractivity contribution is -0.123. The lowest BCUT2D eigenvalue weighted by atomic mass is 9.82. The average Bonchev–Trinajstić information content (AvgIpc) is 3.19. The number of hydrogen-bond donors (Lipinski definition) is 2. The summed E-state index contributed by atoms with van der Waals surface area (Å²) in [6, 6.07) is 0. The monoisotopic (exact) mass is 434 g/mol. The molecule has 0 radical (unpaired) electrons. The Labute approximate surface area is 175 Å². The topological polar surface area (TPSA) is 58.2 Å². The van der Waals surface area contributed by atoms with Crippen LogP contribution in [-0.4, -0.2) is 36.7 Å². The third kappa shape index (κ3) is 7.41. The van der Waals surface area contributed by atoms with Crippen LogP contribution in [-0.2, 0) is 9.59 Å². The second-order valence-electron chi connectivity index (χ2n) is 9.83. The molecule has 0 aromatic heterocycles. The number of hydrogen-bond acceptors (Lipinski definition) is 2. The predicted octanol–water partition coefficient (Wildman–Crippen LogP) is 4.68. The molecule has 0 heterocycles. The molecule has 3 aliphatic carbocycles. The molecular formula is C22H34F4N2O2. The minimum Gasteiger partial charge on any atom is -0.356 e. The van der Waals surface area contributed by atoms with Crippen LogP contribution in [0.3, 0.4) is 0 Å². The van der Waals surface area contributed by atoms with Gasteiger partial charge in [-0.3, -0.25) is 9.59 Å². The lowest BCUT2D eigenvalue weighted by Crippen LogP contribution is -2.35. The Kier molecular flexibility index (Phi) is 7.66. The van der Waals surface area contributed by atoms with Gasteiger partial charge in [0.2, 0.25) is 23.7 Å². The van der Waals surface area contributed by atoms with Crippen molar-refractivity contribution in [3.63, 3.8) is 0 Å². The molecule has 3 saturated carbocycles. The molecule has 0 saturated heterocycles. The number of amides is 2. The van der Waals surface area contributed by atoms with Crippen LogP contribution in [0.1, 0.15) is 77.0 Å². The molecule has 0 aromatic rings. The third-order valence-corrected chi connectivity index (χ3v) is 7.10. The van der Waals surface area contributed by atoms with Gasteiger partial charge < -0.3 is 10.6 Å². The van der Waals surface area contributed by atoms with E-state index in [1.165, 1.54) is 0 Å². The molecular weight excluding hydrogens is 400 g/mol. The molecule has 30 heavy (non-hydrogen) atoms. The van der Waals surface area contributed by atoms with Crippen LogP contribution in [0.15, 0.2) is 0 Å². The summed E-state index contributed by atoms with van der Waals surface area (Å²) in [5.41, 5.74) is 0. The van der Waals surface area contributed by atoms with Gasteiger partial charge in [0.25, 0.3) is 0 Å². The van der Waals surface area contributed by atoms with Crippen LogP contribution in [0.2, 0.25) is 0 Å². The molecule has 3 aliphatic rings. The van der Waals surface area contributed by atoms with E-state index in [1.54, 1.807) is 0 Å². The number of carbonyl (C=O) groups excluding carboxylic acids is 2. The highest BCUT2D eigenvalue weighted by molar-refractivity contribution is 5.76. The van der Waals surface area contributed by atoms with E-state index in [1.807, 2.05) is 0 Å². The fourth-order valence-electron chi connectivity index (χ4n) is 5.26. The van der Waals surface area contributed by atoms with Gasteiger partial charge in [0.15, 0.2) is 0 Å². The summed E-state index contributed by atoms with van der Waals surface area (Å²) < 4.78 is 52.9. The normalized spacial score (nSPS) is 32.7. The highest BCUT2D eigenvalue weighted by atomic mass is 19.3. The second kappa shape index (κ2) is 9.86. The van der Waals surface area contributed by atoms with Crippen molar-refractivity contribution in [3.05, 3.63) is 0 Å². The third-order valence-electron chi connectivity index (χ3n) is 7.10. The maximum Gasteiger partial charge on any atom is 0.248 e. The van der Waals surface area contributed by atoms with Gasteiger partial charge in [0.1, 0.15) is 0 Å². The maximum absolute atomic E-state index is 13.2. The average molecular weight is 435 g/mol. The first-order valence-corrected chi connectivity index (χ1v) is 11.4. The first-order chi connectivity index (χ1) is 14.1. The molecule has 0 spiro atoms. The van der Waals surface area contributed by atoms with Crippen LogP contribution >= 0.6 is 0 Å². The molecule has 4 nitrogen and oxygen atoms in total. The van der Waals surface area contributed by atoms with E-state index >= 15 is 0 Å². The number of carbonyl (C=O) groups is 2. The van der Waals surface area contributed by atoms with Crippen LogP contribution in [0.25, 0.3) is 0 Å². The highest BCUT2D eigenvalue weighted by Crippen LogP contribution is 2.41. The molecule has 0 aromatic carbocycles. The highest BCUT2D eigenvalue weighted by Gasteiger charge is 2.40. The van der Waals surface area contributed by atoms with E-state index in [-0.39, 0.29) is 62.2 Å². The summed E-state index contributed by atoms with van der Waals surface area (Å²) in [6.07, 6.45) is 4.44. The molecule has 2 amide bonds. The molecule has 172 valence electrons. The second-order valence-corrected chi connectivity index (χ2v) is 9.83. The molecule has 3 rings (SSSR count). The van der Waals surface area contributed by atoms with E-state index in [4.69, 9.17) is 0 Å². The Balaban J connectivity index is 1.24. The van der Waals surface area contributed by atoms with Gasteiger partial charge in [-0.05, 0) is 62.2 Å². The van der Waals surface area contributed by atoms with Gasteiger partial charge in [-0.15, -0.1) is 0 Å². The Hall–Kier alpha value is -1.34. The van der Waals surface area contributed by atoms with Crippen molar-refractivity contribution in [1.82, 2.24) is 10.6 Å². The molecule has 2 atom stereocenters. The zero-order chi connectivity index (χ0) is 21.8. The quantitative estimate of drug-likeness (QED) is 0.545. The van der Waals surface area contributed by atoms with Crippen molar-refractivity contribution in [3.8, 4) is 0 Å². The van der Waals surface area contributed by atoms with Gasteiger partial charge in [0.05, 0.1) is 0 Å².